The highest BCUT2D eigenvalue weighted by atomic mass is 35.5. The van der Waals surface area contributed by atoms with Crippen LogP contribution in [0.15, 0.2) is 42.6 Å². The Bertz CT molecular complexity index is 914. The number of nitrogens with zero attached hydrogens (tertiary/aromatic N) is 2. The minimum atomic E-state index is -3.56. The second-order valence-corrected chi connectivity index (χ2v) is 8.82. The number of benzene rings is 1. The van der Waals surface area contributed by atoms with E-state index >= 15 is 0 Å². The molecule has 0 bridgehead atoms. The first-order valence-electron chi connectivity index (χ1n) is 8.48. The number of rotatable bonds is 5. The number of aromatic nitrogens is 1. The number of sulfonamides is 1. The number of carbonyl (C=O) groups is 1. The third-order valence-corrected chi connectivity index (χ3v) is 6.51. The Balaban J connectivity index is 1.56. The summed E-state index contributed by atoms with van der Waals surface area (Å²) < 4.78 is 39.7. The van der Waals surface area contributed by atoms with Crippen molar-refractivity contribution in [2.75, 3.05) is 18.4 Å². The van der Waals surface area contributed by atoms with Crippen molar-refractivity contribution < 1.29 is 17.6 Å². The summed E-state index contributed by atoms with van der Waals surface area (Å²) in [5.74, 6) is -0.786. The van der Waals surface area contributed by atoms with Crippen molar-refractivity contribution in [1.82, 2.24) is 9.29 Å². The Morgan fingerprint density at radius 3 is 2.63 bits per heavy atom. The number of carbonyl (C=O) groups excluding carboxylic acids is 1. The van der Waals surface area contributed by atoms with Crippen LogP contribution in [0.4, 0.5) is 10.2 Å². The molecule has 1 aliphatic heterocycles. The van der Waals surface area contributed by atoms with Gasteiger partial charge in [-0.05, 0) is 42.7 Å². The molecule has 1 aromatic carbocycles. The molecular formula is C18H19ClFN3O3S. The molecule has 0 atom stereocenters. The molecule has 2 heterocycles. The largest absolute Gasteiger partial charge is 0.310 e. The van der Waals surface area contributed by atoms with Crippen molar-refractivity contribution >= 4 is 33.3 Å². The number of amides is 1. The summed E-state index contributed by atoms with van der Waals surface area (Å²) in [7, 11) is -3.56. The minimum Gasteiger partial charge on any atom is -0.310 e. The maximum Gasteiger partial charge on any atom is 0.228 e. The van der Waals surface area contributed by atoms with E-state index < -0.39 is 15.8 Å². The van der Waals surface area contributed by atoms with Crippen LogP contribution < -0.4 is 5.32 Å². The molecule has 1 aromatic heterocycles. The van der Waals surface area contributed by atoms with Crippen molar-refractivity contribution in [3.8, 4) is 0 Å². The monoisotopic (exact) mass is 411 g/mol. The van der Waals surface area contributed by atoms with Crippen molar-refractivity contribution in [2.24, 2.45) is 5.92 Å². The third-order valence-electron chi connectivity index (χ3n) is 4.43. The molecule has 0 spiro atoms. The van der Waals surface area contributed by atoms with Crippen molar-refractivity contribution in [3.63, 3.8) is 0 Å². The molecule has 1 N–H and O–H groups in total. The number of hydrogen-bond donors (Lipinski definition) is 1. The first-order chi connectivity index (χ1) is 12.8. The topological polar surface area (TPSA) is 79.4 Å². The van der Waals surface area contributed by atoms with Gasteiger partial charge in [0.1, 0.15) is 11.6 Å². The average Bonchev–Trinajstić information content (AvgIpc) is 2.63. The van der Waals surface area contributed by atoms with E-state index in [-0.39, 0.29) is 30.7 Å². The van der Waals surface area contributed by atoms with Crippen molar-refractivity contribution in [2.45, 2.75) is 18.6 Å². The van der Waals surface area contributed by atoms with E-state index in [0.29, 0.717) is 29.2 Å². The highest BCUT2D eigenvalue weighted by Gasteiger charge is 2.31. The molecule has 1 aliphatic rings. The first-order valence-corrected chi connectivity index (χ1v) is 10.5. The molecule has 27 heavy (non-hydrogen) atoms. The SMILES string of the molecule is O=C(Nc1ccc(Cl)cn1)C1CCN(S(=O)(=O)Cc2cccc(F)c2)CC1. The highest BCUT2D eigenvalue weighted by Crippen LogP contribution is 2.23. The average molecular weight is 412 g/mol. The quantitative estimate of drug-likeness (QED) is 0.820. The van der Waals surface area contributed by atoms with Gasteiger partial charge in [0.15, 0.2) is 0 Å². The molecule has 0 saturated carbocycles. The van der Waals surface area contributed by atoms with Gasteiger partial charge in [-0.2, -0.15) is 0 Å². The highest BCUT2D eigenvalue weighted by molar-refractivity contribution is 7.88. The fourth-order valence-electron chi connectivity index (χ4n) is 3.00. The molecule has 0 unspecified atom stereocenters. The van der Waals surface area contributed by atoms with Gasteiger partial charge in [-0.1, -0.05) is 23.7 Å². The van der Waals surface area contributed by atoms with Gasteiger partial charge < -0.3 is 5.32 Å². The van der Waals surface area contributed by atoms with Crippen LogP contribution in [-0.4, -0.2) is 36.7 Å². The minimum absolute atomic E-state index is 0.188. The summed E-state index contributed by atoms with van der Waals surface area (Å²) in [6, 6.07) is 8.80. The van der Waals surface area contributed by atoms with Crippen LogP contribution >= 0.6 is 11.6 Å². The number of piperidine rings is 1. The first kappa shape index (κ1) is 19.7. The molecule has 1 saturated heterocycles. The predicted molar refractivity (Wildman–Crippen MR) is 101 cm³/mol. The molecule has 1 amide bonds. The molecule has 9 heteroatoms. The van der Waals surface area contributed by atoms with Crippen LogP contribution in [-0.2, 0) is 20.6 Å². The van der Waals surface area contributed by atoms with Crippen LogP contribution in [0.5, 0.6) is 0 Å². The lowest BCUT2D eigenvalue weighted by Gasteiger charge is -2.30. The molecule has 0 aliphatic carbocycles. The Labute approximate surface area is 162 Å². The van der Waals surface area contributed by atoms with E-state index in [2.05, 4.69) is 10.3 Å². The fourth-order valence-corrected chi connectivity index (χ4v) is 4.67. The summed E-state index contributed by atoms with van der Waals surface area (Å²) in [5, 5.41) is 3.20. The summed E-state index contributed by atoms with van der Waals surface area (Å²) >= 11 is 5.76. The lowest BCUT2D eigenvalue weighted by Crippen LogP contribution is -2.41. The number of anilines is 1. The Hall–Kier alpha value is -2.03. The summed E-state index contributed by atoms with van der Waals surface area (Å²) in [6.07, 6.45) is 2.28. The van der Waals surface area contributed by atoms with Gasteiger partial charge in [0.2, 0.25) is 15.9 Å². The summed E-state index contributed by atoms with van der Waals surface area (Å²) in [5.41, 5.74) is 0.406. The van der Waals surface area contributed by atoms with E-state index in [4.69, 9.17) is 11.6 Å². The van der Waals surface area contributed by atoms with E-state index in [1.165, 1.54) is 28.7 Å². The zero-order chi connectivity index (χ0) is 19.4. The lowest BCUT2D eigenvalue weighted by atomic mass is 9.97. The molecular weight excluding hydrogens is 393 g/mol. The summed E-state index contributed by atoms with van der Waals surface area (Å²) in [4.78, 5) is 16.4. The number of nitrogens with one attached hydrogen (secondary N) is 1. The number of halogens is 2. The Morgan fingerprint density at radius 2 is 2.00 bits per heavy atom. The molecule has 144 valence electrons. The molecule has 0 radical (unpaired) electrons. The van der Waals surface area contributed by atoms with E-state index in [9.17, 15) is 17.6 Å². The normalized spacial score (nSPS) is 16.2. The Morgan fingerprint density at radius 1 is 1.26 bits per heavy atom. The van der Waals surface area contributed by atoms with Crippen LogP contribution in [0.3, 0.4) is 0 Å². The van der Waals surface area contributed by atoms with Gasteiger partial charge in [0.05, 0.1) is 10.8 Å². The zero-order valence-corrected chi connectivity index (χ0v) is 16.0. The number of hydrogen-bond acceptors (Lipinski definition) is 4. The van der Waals surface area contributed by atoms with Crippen molar-refractivity contribution in [1.29, 1.82) is 0 Å². The maximum absolute atomic E-state index is 13.3. The molecule has 3 rings (SSSR count). The Kier molecular flexibility index (Phi) is 6.08. The molecule has 1 fully saturated rings. The summed E-state index contributed by atoms with van der Waals surface area (Å²) in [6.45, 7) is 0.508. The van der Waals surface area contributed by atoms with E-state index in [1.807, 2.05) is 0 Å². The van der Waals surface area contributed by atoms with Gasteiger partial charge in [-0.3, -0.25) is 4.79 Å². The van der Waals surface area contributed by atoms with Crippen LogP contribution in [0.25, 0.3) is 0 Å². The second kappa shape index (κ2) is 8.33. The van der Waals surface area contributed by atoms with E-state index in [0.717, 1.165) is 0 Å². The van der Waals surface area contributed by atoms with Gasteiger partial charge in [-0.25, -0.2) is 22.1 Å². The zero-order valence-electron chi connectivity index (χ0n) is 14.4. The van der Waals surface area contributed by atoms with Crippen LogP contribution in [0.2, 0.25) is 5.02 Å². The lowest BCUT2D eigenvalue weighted by molar-refractivity contribution is -0.120. The van der Waals surface area contributed by atoms with Crippen molar-refractivity contribution in [3.05, 3.63) is 59.0 Å². The van der Waals surface area contributed by atoms with Gasteiger partial charge >= 0.3 is 0 Å². The smallest absolute Gasteiger partial charge is 0.228 e. The van der Waals surface area contributed by atoms with Crippen LogP contribution in [0, 0.1) is 11.7 Å². The third kappa shape index (κ3) is 5.24. The van der Waals surface area contributed by atoms with Gasteiger partial charge in [0.25, 0.3) is 0 Å². The predicted octanol–water partition coefficient (Wildman–Crippen LogP) is 3.05. The van der Waals surface area contributed by atoms with Gasteiger partial charge in [-0.15, -0.1) is 0 Å². The molecule has 6 nitrogen and oxygen atoms in total. The molecule has 2 aromatic rings. The fraction of sp³-hybridized carbons (Fsp3) is 0.333. The van der Waals surface area contributed by atoms with E-state index in [1.54, 1.807) is 18.2 Å². The second-order valence-electron chi connectivity index (χ2n) is 6.41. The van der Waals surface area contributed by atoms with Gasteiger partial charge in [0, 0.05) is 25.2 Å². The standard InChI is InChI=1S/C18H19ClFN3O3S/c19-15-4-5-17(21-11-15)22-18(24)14-6-8-23(9-7-14)27(25,26)12-13-2-1-3-16(20)10-13/h1-5,10-11,14H,6-9,12H2,(H,21,22,24). The van der Waals surface area contributed by atoms with Crippen LogP contribution in [0.1, 0.15) is 18.4 Å². The number of pyridine rings is 1. The maximum atomic E-state index is 13.3.